The molecule has 1 saturated heterocycles. The van der Waals surface area contributed by atoms with Gasteiger partial charge in [-0.3, -0.25) is 9.48 Å². The summed E-state index contributed by atoms with van der Waals surface area (Å²) < 4.78 is 7.33. The molecule has 4 rings (SSSR count). The minimum atomic E-state index is -0.0741. The number of halogens is 1. The summed E-state index contributed by atoms with van der Waals surface area (Å²) in [7, 11) is 0. The predicted octanol–water partition coefficient (Wildman–Crippen LogP) is 4.50. The molecule has 0 aliphatic carbocycles. The van der Waals surface area contributed by atoms with Crippen molar-refractivity contribution in [2.75, 3.05) is 6.54 Å². The summed E-state index contributed by atoms with van der Waals surface area (Å²) in [5.74, 6) is 0.430. The lowest BCUT2D eigenvalue weighted by atomic mass is 10.0. The highest BCUT2D eigenvalue weighted by Gasteiger charge is 2.36. The molecule has 7 heteroatoms. The molecule has 0 saturated carbocycles. The van der Waals surface area contributed by atoms with Crippen LogP contribution in [-0.4, -0.2) is 32.3 Å². The van der Waals surface area contributed by atoms with Crippen LogP contribution in [0.25, 0.3) is 11.3 Å². The standard InChI is InChI=1S/C20H21ClN4O2/c1-3-25-17(10-11-22-25)16-9-6-12-24(16)20(26)18-13(2)27-23-19(18)14-7-4-5-8-15(14)21/h4-5,7-8,10-11,16H,3,6,9,12H2,1-2H3. The molecule has 2 aromatic heterocycles. The third-order valence-corrected chi connectivity index (χ3v) is 5.44. The Hall–Kier alpha value is -2.60. The van der Waals surface area contributed by atoms with E-state index in [-0.39, 0.29) is 11.9 Å². The molecule has 1 atom stereocenters. The molecule has 0 bridgehead atoms. The molecule has 0 N–H and O–H groups in total. The van der Waals surface area contributed by atoms with Gasteiger partial charge < -0.3 is 9.42 Å². The number of rotatable bonds is 4. The fourth-order valence-electron chi connectivity index (χ4n) is 3.81. The molecule has 1 amide bonds. The second-order valence-electron chi connectivity index (χ2n) is 6.67. The van der Waals surface area contributed by atoms with Crippen molar-refractivity contribution in [1.29, 1.82) is 0 Å². The Balaban J connectivity index is 1.73. The van der Waals surface area contributed by atoms with E-state index >= 15 is 0 Å². The number of aryl methyl sites for hydroxylation is 2. The monoisotopic (exact) mass is 384 g/mol. The Morgan fingerprint density at radius 3 is 2.93 bits per heavy atom. The second-order valence-corrected chi connectivity index (χ2v) is 7.08. The van der Waals surface area contributed by atoms with Gasteiger partial charge in [-0.05, 0) is 38.8 Å². The molecule has 27 heavy (non-hydrogen) atoms. The van der Waals surface area contributed by atoms with Crippen LogP contribution in [0.1, 0.15) is 47.6 Å². The van der Waals surface area contributed by atoms with Gasteiger partial charge in [-0.2, -0.15) is 5.10 Å². The number of carbonyl (C=O) groups excluding carboxylic acids is 1. The molecule has 0 spiro atoms. The van der Waals surface area contributed by atoms with Gasteiger partial charge in [0.05, 0.1) is 16.8 Å². The lowest BCUT2D eigenvalue weighted by Crippen LogP contribution is -2.32. The highest BCUT2D eigenvalue weighted by molar-refractivity contribution is 6.33. The first-order chi connectivity index (χ1) is 13.1. The van der Waals surface area contributed by atoms with Crippen molar-refractivity contribution in [3.05, 3.63) is 58.6 Å². The molecule has 3 aromatic rings. The van der Waals surface area contributed by atoms with Gasteiger partial charge in [0.25, 0.3) is 5.91 Å². The molecule has 1 aromatic carbocycles. The Bertz CT molecular complexity index is 978. The van der Waals surface area contributed by atoms with Gasteiger partial charge in [0, 0.05) is 24.8 Å². The molecule has 1 unspecified atom stereocenters. The van der Waals surface area contributed by atoms with E-state index in [0.717, 1.165) is 25.1 Å². The van der Waals surface area contributed by atoms with Gasteiger partial charge in [0.15, 0.2) is 0 Å². The zero-order valence-electron chi connectivity index (χ0n) is 15.4. The van der Waals surface area contributed by atoms with E-state index in [2.05, 4.69) is 17.2 Å². The van der Waals surface area contributed by atoms with Crippen LogP contribution >= 0.6 is 11.6 Å². The first-order valence-electron chi connectivity index (χ1n) is 9.15. The van der Waals surface area contributed by atoms with E-state index in [9.17, 15) is 4.79 Å². The summed E-state index contributed by atoms with van der Waals surface area (Å²) in [6.45, 7) is 5.29. The van der Waals surface area contributed by atoms with Gasteiger partial charge in [0.2, 0.25) is 0 Å². The quantitative estimate of drug-likeness (QED) is 0.664. The van der Waals surface area contributed by atoms with Crippen molar-refractivity contribution in [1.82, 2.24) is 19.8 Å². The lowest BCUT2D eigenvalue weighted by Gasteiger charge is -2.25. The van der Waals surface area contributed by atoms with Gasteiger partial charge in [0.1, 0.15) is 17.0 Å². The Labute approximate surface area is 162 Å². The van der Waals surface area contributed by atoms with Crippen molar-refractivity contribution < 1.29 is 9.32 Å². The number of amides is 1. The summed E-state index contributed by atoms with van der Waals surface area (Å²) in [4.78, 5) is 15.4. The first kappa shape index (κ1) is 17.8. The minimum Gasteiger partial charge on any atom is -0.360 e. The molecule has 6 nitrogen and oxygen atoms in total. The van der Waals surface area contributed by atoms with Gasteiger partial charge in [-0.25, -0.2) is 0 Å². The number of carbonyl (C=O) groups is 1. The SMILES string of the molecule is CCn1nccc1C1CCCN1C(=O)c1c(-c2ccccc2Cl)noc1C. The van der Waals surface area contributed by atoms with Crippen molar-refractivity contribution in [2.45, 2.75) is 39.3 Å². The highest BCUT2D eigenvalue weighted by Crippen LogP contribution is 2.37. The summed E-state index contributed by atoms with van der Waals surface area (Å²) in [6, 6.07) is 9.36. The van der Waals surface area contributed by atoms with Crippen LogP contribution < -0.4 is 0 Å². The first-order valence-corrected chi connectivity index (χ1v) is 9.53. The van der Waals surface area contributed by atoms with Crippen LogP contribution in [0.4, 0.5) is 0 Å². The smallest absolute Gasteiger partial charge is 0.260 e. The summed E-state index contributed by atoms with van der Waals surface area (Å²) >= 11 is 6.34. The van der Waals surface area contributed by atoms with Crippen LogP contribution in [0.15, 0.2) is 41.1 Å². The molecule has 0 radical (unpaired) electrons. The number of likely N-dealkylation sites (tertiary alicyclic amines) is 1. The molecule has 1 aliphatic rings. The fraction of sp³-hybridized carbons (Fsp3) is 0.350. The molecular formula is C20H21ClN4O2. The van der Waals surface area contributed by atoms with Crippen LogP contribution in [0.2, 0.25) is 5.02 Å². The van der Waals surface area contributed by atoms with Crippen LogP contribution in [0.5, 0.6) is 0 Å². The van der Waals surface area contributed by atoms with E-state index < -0.39 is 0 Å². The van der Waals surface area contributed by atoms with E-state index in [4.69, 9.17) is 16.1 Å². The maximum Gasteiger partial charge on any atom is 0.260 e. The van der Waals surface area contributed by atoms with Crippen LogP contribution in [0.3, 0.4) is 0 Å². The third-order valence-electron chi connectivity index (χ3n) is 5.11. The van der Waals surface area contributed by atoms with Crippen molar-refractivity contribution in [2.24, 2.45) is 0 Å². The van der Waals surface area contributed by atoms with Crippen LogP contribution in [0, 0.1) is 6.92 Å². The number of aromatic nitrogens is 3. The molecular weight excluding hydrogens is 364 g/mol. The zero-order valence-corrected chi connectivity index (χ0v) is 16.1. The zero-order chi connectivity index (χ0) is 19.0. The Kier molecular flexibility index (Phi) is 4.74. The maximum atomic E-state index is 13.5. The van der Waals surface area contributed by atoms with E-state index in [1.165, 1.54) is 0 Å². The molecule has 1 aliphatic heterocycles. The third kappa shape index (κ3) is 3.04. The molecule has 1 fully saturated rings. The van der Waals surface area contributed by atoms with Crippen molar-refractivity contribution in [3.63, 3.8) is 0 Å². The van der Waals surface area contributed by atoms with Gasteiger partial charge in [-0.1, -0.05) is 35.0 Å². The topological polar surface area (TPSA) is 64.2 Å². The Morgan fingerprint density at radius 2 is 2.15 bits per heavy atom. The average Bonchev–Trinajstić information content (AvgIpc) is 3.40. The van der Waals surface area contributed by atoms with Gasteiger partial charge in [-0.15, -0.1) is 0 Å². The number of nitrogens with zero attached hydrogens (tertiary/aromatic N) is 4. The summed E-state index contributed by atoms with van der Waals surface area (Å²) in [6.07, 6.45) is 3.67. The van der Waals surface area contributed by atoms with Gasteiger partial charge >= 0.3 is 0 Å². The maximum absolute atomic E-state index is 13.5. The van der Waals surface area contributed by atoms with Crippen LogP contribution in [-0.2, 0) is 6.54 Å². The summed E-state index contributed by atoms with van der Waals surface area (Å²) in [5, 5.41) is 9.04. The van der Waals surface area contributed by atoms with E-state index in [1.807, 2.05) is 33.8 Å². The minimum absolute atomic E-state index is 0.00773. The highest BCUT2D eigenvalue weighted by atomic mass is 35.5. The van der Waals surface area contributed by atoms with Crippen molar-refractivity contribution >= 4 is 17.5 Å². The molecule has 140 valence electrons. The fourth-order valence-corrected chi connectivity index (χ4v) is 4.04. The number of hydrogen-bond donors (Lipinski definition) is 0. The van der Waals surface area contributed by atoms with E-state index in [0.29, 0.717) is 34.1 Å². The number of hydrogen-bond acceptors (Lipinski definition) is 4. The normalized spacial score (nSPS) is 16.9. The Morgan fingerprint density at radius 1 is 1.33 bits per heavy atom. The van der Waals surface area contributed by atoms with Crippen molar-refractivity contribution in [3.8, 4) is 11.3 Å². The predicted molar refractivity (Wildman–Crippen MR) is 103 cm³/mol. The average molecular weight is 385 g/mol. The summed E-state index contributed by atoms with van der Waals surface area (Å²) in [5.41, 5.74) is 2.75. The van der Waals surface area contributed by atoms with E-state index in [1.54, 1.807) is 19.2 Å². The lowest BCUT2D eigenvalue weighted by molar-refractivity contribution is 0.0728. The molecule has 3 heterocycles. The second kappa shape index (κ2) is 7.19. The largest absolute Gasteiger partial charge is 0.360 e. The number of benzene rings is 1.